The predicted molar refractivity (Wildman–Crippen MR) is 145 cm³/mol. The number of nitrogens with one attached hydrogen (secondary N) is 2. The molecular formula is C29H38N2O8. The molecule has 0 aliphatic rings. The van der Waals surface area contributed by atoms with Crippen LogP contribution in [0.5, 0.6) is 11.5 Å². The molecule has 0 unspecified atom stereocenters. The summed E-state index contributed by atoms with van der Waals surface area (Å²) in [5.41, 5.74) is 0.778. The summed E-state index contributed by atoms with van der Waals surface area (Å²) in [5, 5.41) is 5.42. The van der Waals surface area contributed by atoms with Crippen molar-refractivity contribution in [3.63, 3.8) is 0 Å². The average molecular weight is 543 g/mol. The van der Waals surface area contributed by atoms with Gasteiger partial charge in [-0.2, -0.15) is 0 Å². The molecule has 212 valence electrons. The highest BCUT2D eigenvalue weighted by Crippen LogP contribution is 2.14. The van der Waals surface area contributed by atoms with Crippen molar-refractivity contribution >= 4 is 23.8 Å². The van der Waals surface area contributed by atoms with Crippen LogP contribution in [0.4, 0.5) is 0 Å². The van der Waals surface area contributed by atoms with Crippen LogP contribution >= 0.6 is 0 Å². The van der Waals surface area contributed by atoms with Gasteiger partial charge < -0.3 is 29.6 Å². The number of esters is 2. The molecular weight excluding hydrogens is 504 g/mol. The maximum atomic E-state index is 12.6. The van der Waals surface area contributed by atoms with E-state index in [0.717, 1.165) is 0 Å². The van der Waals surface area contributed by atoms with Crippen molar-refractivity contribution in [3.05, 3.63) is 59.7 Å². The number of hydrogen-bond donors (Lipinski definition) is 2. The van der Waals surface area contributed by atoms with Crippen molar-refractivity contribution in [2.75, 3.05) is 27.4 Å². The fourth-order valence-corrected chi connectivity index (χ4v) is 3.51. The van der Waals surface area contributed by atoms with Crippen molar-refractivity contribution in [2.24, 2.45) is 11.8 Å². The number of rotatable bonds is 14. The van der Waals surface area contributed by atoms with E-state index in [9.17, 15) is 19.2 Å². The molecule has 2 aromatic carbocycles. The highest BCUT2D eigenvalue weighted by atomic mass is 16.5. The first-order chi connectivity index (χ1) is 18.6. The molecule has 2 aromatic rings. The van der Waals surface area contributed by atoms with Crippen molar-refractivity contribution in [3.8, 4) is 11.5 Å². The smallest absolute Gasteiger partial charge is 0.328 e. The number of ether oxygens (including phenoxy) is 4. The molecule has 10 nitrogen and oxygen atoms in total. The molecule has 39 heavy (non-hydrogen) atoms. The first kappa shape index (κ1) is 31.1. The van der Waals surface area contributed by atoms with E-state index in [4.69, 9.17) is 18.9 Å². The molecule has 2 N–H and O–H groups in total. The molecule has 10 heteroatoms. The Morgan fingerprint density at radius 3 is 1.23 bits per heavy atom. The average Bonchev–Trinajstić information content (AvgIpc) is 2.93. The lowest BCUT2D eigenvalue weighted by Gasteiger charge is -2.22. The first-order valence-corrected chi connectivity index (χ1v) is 12.8. The van der Waals surface area contributed by atoms with E-state index in [0.29, 0.717) is 22.6 Å². The van der Waals surface area contributed by atoms with Crippen LogP contribution in [-0.4, -0.2) is 63.3 Å². The van der Waals surface area contributed by atoms with Gasteiger partial charge in [0.1, 0.15) is 23.6 Å². The number of hydrogen-bond acceptors (Lipinski definition) is 8. The minimum atomic E-state index is -0.847. The SMILES string of the molecule is COc1ccc(C(=O)N[C@H](C(=O)OCCCOC(=O)[C@H](NC(=O)c2ccc(OC)cc2)C(C)C)C(C)C)cc1. The van der Waals surface area contributed by atoms with E-state index >= 15 is 0 Å². The second-order valence-corrected chi connectivity index (χ2v) is 9.54. The summed E-state index contributed by atoms with van der Waals surface area (Å²) in [6, 6.07) is 11.4. The molecule has 0 radical (unpaired) electrons. The number of carbonyl (C=O) groups excluding carboxylic acids is 4. The molecule has 0 heterocycles. The largest absolute Gasteiger partial charge is 0.497 e. The molecule has 0 spiro atoms. The van der Waals surface area contributed by atoms with Gasteiger partial charge >= 0.3 is 11.9 Å². The number of methoxy groups -OCH3 is 2. The summed E-state index contributed by atoms with van der Waals surface area (Å²) in [6.45, 7) is 7.20. The van der Waals surface area contributed by atoms with Crippen LogP contribution in [0.3, 0.4) is 0 Å². The van der Waals surface area contributed by atoms with E-state index in [1.54, 1.807) is 76.2 Å². The van der Waals surface area contributed by atoms with Gasteiger partial charge in [0.15, 0.2) is 0 Å². The summed E-state index contributed by atoms with van der Waals surface area (Å²) in [5.74, 6) is -1.15. The zero-order chi connectivity index (χ0) is 28.9. The molecule has 0 saturated heterocycles. The predicted octanol–water partition coefficient (Wildman–Crippen LogP) is 3.39. The minimum absolute atomic E-state index is 0.00169. The molecule has 0 aromatic heterocycles. The van der Waals surface area contributed by atoms with E-state index in [1.165, 1.54) is 14.2 Å². The lowest BCUT2D eigenvalue weighted by atomic mass is 10.0. The monoisotopic (exact) mass is 542 g/mol. The molecule has 2 atom stereocenters. The Morgan fingerprint density at radius 2 is 0.949 bits per heavy atom. The molecule has 0 fully saturated rings. The molecule has 0 saturated carbocycles. The summed E-state index contributed by atoms with van der Waals surface area (Å²) in [4.78, 5) is 50.4. The van der Waals surface area contributed by atoms with Crippen molar-refractivity contribution in [2.45, 2.75) is 46.2 Å². The lowest BCUT2D eigenvalue weighted by molar-refractivity contribution is -0.149. The molecule has 2 amide bonds. The van der Waals surface area contributed by atoms with Gasteiger partial charge in [0, 0.05) is 17.5 Å². The minimum Gasteiger partial charge on any atom is -0.497 e. The molecule has 0 bridgehead atoms. The van der Waals surface area contributed by atoms with E-state index in [2.05, 4.69) is 10.6 Å². The van der Waals surface area contributed by atoms with Crippen molar-refractivity contribution < 1.29 is 38.1 Å². The van der Waals surface area contributed by atoms with Gasteiger partial charge in [-0.15, -0.1) is 0 Å². The topological polar surface area (TPSA) is 129 Å². The third-order valence-corrected chi connectivity index (χ3v) is 5.90. The maximum Gasteiger partial charge on any atom is 0.328 e. The highest BCUT2D eigenvalue weighted by Gasteiger charge is 2.27. The van der Waals surface area contributed by atoms with Crippen LogP contribution in [0.1, 0.15) is 54.8 Å². The zero-order valence-electron chi connectivity index (χ0n) is 23.3. The standard InChI is InChI=1S/C29H38N2O8/c1-18(2)24(30-26(32)20-8-12-22(36-5)13-9-20)28(34)38-16-7-17-39-29(35)25(19(3)4)31-27(33)21-10-14-23(37-6)15-11-21/h8-15,18-19,24-25H,7,16-17H2,1-6H3,(H,30,32)(H,31,33)/t24-,25+. The van der Waals surface area contributed by atoms with Crippen molar-refractivity contribution in [1.82, 2.24) is 10.6 Å². The summed E-state index contributed by atoms with van der Waals surface area (Å²) < 4.78 is 20.8. The first-order valence-electron chi connectivity index (χ1n) is 12.8. The third-order valence-electron chi connectivity index (χ3n) is 5.90. The van der Waals surface area contributed by atoms with Gasteiger partial charge in [0.2, 0.25) is 0 Å². The van der Waals surface area contributed by atoms with Gasteiger partial charge in [-0.3, -0.25) is 9.59 Å². The van der Waals surface area contributed by atoms with Crippen LogP contribution in [0.2, 0.25) is 0 Å². The van der Waals surface area contributed by atoms with Gasteiger partial charge in [-0.25, -0.2) is 9.59 Å². The Labute approximate surface area is 229 Å². The van der Waals surface area contributed by atoms with Gasteiger partial charge in [0.25, 0.3) is 11.8 Å². The Morgan fingerprint density at radius 1 is 0.615 bits per heavy atom. The number of amides is 2. The van der Waals surface area contributed by atoms with Gasteiger partial charge in [-0.1, -0.05) is 27.7 Å². The molecule has 0 aliphatic carbocycles. The fourth-order valence-electron chi connectivity index (χ4n) is 3.51. The Bertz CT molecular complexity index is 1010. The van der Waals surface area contributed by atoms with E-state index < -0.39 is 35.8 Å². The van der Waals surface area contributed by atoms with E-state index in [1.807, 2.05) is 0 Å². The third kappa shape index (κ3) is 9.63. The second kappa shape index (κ2) is 15.4. The van der Waals surface area contributed by atoms with Crippen LogP contribution < -0.4 is 20.1 Å². The van der Waals surface area contributed by atoms with Gasteiger partial charge in [-0.05, 0) is 60.4 Å². The van der Waals surface area contributed by atoms with Crippen molar-refractivity contribution in [1.29, 1.82) is 0 Å². The summed E-state index contributed by atoms with van der Waals surface area (Å²) in [6.07, 6.45) is 0.256. The van der Waals surface area contributed by atoms with Crippen LogP contribution in [0.15, 0.2) is 48.5 Å². The number of benzene rings is 2. The van der Waals surface area contributed by atoms with Crippen LogP contribution in [0.25, 0.3) is 0 Å². The van der Waals surface area contributed by atoms with Crippen LogP contribution in [0, 0.1) is 11.8 Å². The summed E-state index contributed by atoms with van der Waals surface area (Å²) in [7, 11) is 3.07. The molecule has 0 aliphatic heterocycles. The van der Waals surface area contributed by atoms with Crippen LogP contribution in [-0.2, 0) is 19.1 Å². The van der Waals surface area contributed by atoms with E-state index in [-0.39, 0.29) is 31.5 Å². The summed E-state index contributed by atoms with van der Waals surface area (Å²) >= 11 is 0. The highest BCUT2D eigenvalue weighted by molar-refractivity contribution is 5.97. The fraction of sp³-hybridized carbons (Fsp3) is 0.448. The second-order valence-electron chi connectivity index (χ2n) is 9.54. The quantitative estimate of drug-likeness (QED) is 0.275. The maximum absolute atomic E-state index is 12.6. The zero-order valence-corrected chi connectivity index (χ0v) is 23.3. The Hall–Kier alpha value is -4.08. The normalized spacial score (nSPS) is 12.3. The van der Waals surface area contributed by atoms with Gasteiger partial charge in [0.05, 0.1) is 27.4 Å². The number of carbonyl (C=O) groups is 4. The Balaban J connectivity index is 1.81. The Kier molecular flexibility index (Phi) is 12.3. The molecule has 2 rings (SSSR count). The lowest BCUT2D eigenvalue weighted by Crippen LogP contribution is -2.45.